The van der Waals surface area contributed by atoms with Gasteiger partial charge in [0.15, 0.2) is 0 Å². The number of carbonyl (C=O) groups excluding carboxylic acids is 2. The smallest absolute Gasteiger partial charge is 0.407 e. The van der Waals surface area contributed by atoms with Gasteiger partial charge in [-0.05, 0) is 45.4 Å². The summed E-state index contributed by atoms with van der Waals surface area (Å²) in [5, 5.41) is 6.51. The molecule has 0 fully saturated rings. The highest BCUT2D eigenvalue weighted by atomic mass is 19.1. The number of carbonyl (C=O) groups is 2. The minimum Gasteiger partial charge on any atom is -0.463 e. The van der Waals surface area contributed by atoms with Crippen molar-refractivity contribution in [1.82, 2.24) is 5.32 Å². The average molecular weight is 380 g/mol. The minimum atomic E-state index is -1.38. The molecule has 1 aliphatic rings. The molecule has 8 heteroatoms. The molecule has 1 N–H and O–H groups in total. The van der Waals surface area contributed by atoms with Crippen LogP contribution in [-0.2, 0) is 25.5 Å². The summed E-state index contributed by atoms with van der Waals surface area (Å²) in [6, 6.07) is 5.92. The van der Waals surface area contributed by atoms with Crippen molar-refractivity contribution in [2.75, 3.05) is 13.2 Å². The monoisotopic (exact) mass is 380 g/mol. The molecule has 0 saturated heterocycles. The van der Waals surface area contributed by atoms with E-state index in [1.807, 2.05) is 0 Å². The molecule has 1 unspecified atom stereocenters. The number of oxime groups is 1. The Morgan fingerprint density at radius 3 is 2.74 bits per heavy atom. The summed E-state index contributed by atoms with van der Waals surface area (Å²) in [6.45, 7) is 7.21. The topological polar surface area (TPSA) is 86.2 Å². The fraction of sp³-hybridized carbons (Fsp3) is 0.526. The van der Waals surface area contributed by atoms with Gasteiger partial charge in [0.25, 0.3) is 0 Å². The van der Waals surface area contributed by atoms with E-state index in [1.54, 1.807) is 39.8 Å². The predicted octanol–water partition coefficient (Wildman–Crippen LogP) is 2.97. The molecule has 2 rings (SSSR count). The van der Waals surface area contributed by atoms with Crippen molar-refractivity contribution < 1.29 is 28.3 Å². The Morgan fingerprint density at radius 2 is 2.11 bits per heavy atom. The van der Waals surface area contributed by atoms with Crippen LogP contribution in [0.2, 0.25) is 0 Å². The van der Waals surface area contributed by atoms with Crippen molar-refractivity contribution in [1.29, 1.82) is 0 Å². The molecule has 0 saturated carbocycles. The molecule has 1 heterocycles. The van der Waals surface area contributed by atoms with Crippen LogP contribution in [0.1, 0.15) is 39.7 Å². The van der Waals surface area contributed by atoms with Crippen LogP contribution in [0, 0.1) is 5.82 Å². The van der Waals surface area contributed by atoms with Crippen LogP contribution in [-0.4, -0.2) is 42.1 Å². The first-order valence-electron chi connectivity index (χ1n) is 8.76. The van der Waals surface area contributed by atoms with Gasteiger partial charge in [-0.25, -0.2) is 14.0 Å². The third-order valence-electron chi connectivity index (χ3n) is 3.70. The first-order chi connectivity index (χ1) is 12.6. The Balaban J connectivity index is 2.05. The lowest BCUT2D eigenvalue weighted by molar-refractivity contribution is -0.168. The molecular formula is C19H25FN2O5. The first kappa shape index (κ1) is 20.7. The van der Waals surface area contributed by atoms with Crippen molar-refractivity contribution in [2.45, 2.75) is 51.7 Å². The molecule has 0 aromatic heterocycles. The van der Waals surface area contributed by atoms with Gasteiger partial charge in [0, 0.05) is 12.8 Å². The SMILES string of the molecule is CCOC(=O)C1(Cc2cccc(F)c2)CC(CNC(=O)OC(C)(C)C)=NO1. The zero-order chi connectivity index (χ0) is 20.1. The third kappa shape index (κ3) is 5.94. The largest absolute Gasteiger partial charge is 0.463 e. The van der Waals surface area contributed by atoms with Crippen LogP contribution in [0.5, 0.6) is 0 Å². The molecular weight excluding hydrogens is 355 g/mol. The van der Waals surface area contributed by atoms with E-state index in [0.717, 1.165) is 0 Å². The van der Waals surface area contributed by atoms with Crippen LogP contribution in [0.15, 0.2) is 29.4 Å². The van der Waals surface area contributed by atoms with Gasteiger partial charge in [0.05, 0.1) is 18.9 Å². The van der Waals surface area contributed by atoms with Crippen molar-refractivity contribution >= 4 is 17.8 Å². The minimum absolute atomic E-state index is 0.0687. The van der Waals surface area contributed by atoms with Gasteiger partial charge in [-0.1, -0.05) is 17.3 Å². The molecule has 0 radical (unpaired) electrons. The van der Waals surface area contributed by atoms with Crippen LogP contribution in [0.25, 0.3) is 0 Å². The van der Waals surface area contributed by atoms with E-state index in [9.17, 15) is 14.0 Å². The van der Waals surface area contributed by atoms with E-state index in [2.05, 4.69) is 10.5 Å². The van der Waals surface area contributed by atoms with E-state index in [-0.39, 0.29) is 26.0 Å². The van der Waals surface area contributed by atoms with Crippen LogP contribution in [0.4, 0.5) is 9.18 Å². The molecule has 0 spiro atoms. The zero-order valence-corrected chi connectivity index (χ0v) is 16.0. The summed E-state index contributed by atoms with van der Waals surface area (Å²) in [4.78, 5) is 29.7. The number of nitrogens with zero attached hydrogens (tertiary/aromatic N) is 1. The number of ether oxygens (including phenoxy) is 2. The predicted molar refractivity (Wildman–Crippen MR) is 96.8 cm³/mol. The summed E-state index contributed by atoms with van der Waals surface area (Å²) in [7, 11) is 0. The second kappa shape index (κ2) is 8.37. The number of rotatable bonds is 6. The van der Waals surface area contributed by atoms with Crippen molar-refractivity contribution in [3.8, 4) is 0 Å². The standard InChI is InChI=1S/C19H25FN2O5/c1-5-25-16(23)19(10-13-7-6-8-14(20)9-13)11-15(22-27-19)12-21-17(24)26-18(2,3)4/h6-9H,5,10-12H2,1-4H3,(H,21,24). The lowest BCUT2D eigenvalue weighted by Gasteiger charge is -2.24. The van der Waals surface area contributed by atoms with E-state index in [1.165, 1.54) is 12.1 Å². The molecule has 0 bridgehead atoms. The van der Waals surface area contributed by atoms with Gasteiger partial charge in [0.1, 0.15) is 11.4 Å². The lowest BCUT2D eigenvalue weighted by atomic mass is 9.89. The number of esters is 1. The van der Waals surface area contributed by atoms with Crippen molar-refractivity contribution in [3.63, 3.8) is 0 Å². The maximum absolute atomic E-state index is 13.5. The zero-order valence-electron chi connectivity index (χ0n) is 16.0. The van der Waals surface area contributed by atoms with Gasteiger partial charge in [-0.15, -0.1) is 0 Å². The summed E-state index contributed by atoms with van der Waals surface area (Å²) in [5.41, 5.74) is -0.955. The van der Waals surface area contributed by atoms with Gasteiger partial charge >= 0.3 is 12.1 Å². The number of amides is 1. The maximum atomic E-state index is 13.5. The second-order valence-corrected chi connectivity index (χ2v) is 7.30. The Bertz CT molecular complexity index is 729. The van der Waals surface area contributed by atoms with Crippen LogP contribution < -0.4 is 5.32 Å². The number of alkyl carbamates (subject to hydrolysis) is 1. The number of benzene rings is 1. The number of hydrogen-bond acceptors (Lipinski definition) is 6. The van der Waals surface area contributed by atoms with E-state index < -0.39 is 29.1 Å². The van der Waals surface area contributed by atoms with E-state index in [4.69, 9.17) is 14.3 Å². The molecule has 1 atom stereocenters. The lowest BCUT2D eigenvalue weighted by Crippen LogP contribution is -2.44. The fourth-order valence-corrected chi connectivity index (χ4v) is 2.64. The molecule has 1 aromatic carbocycles. The summed E-state index contributed by atoms with van der Waals surface area (Å²) in [6.07, 6.45) is -0.370. The van der Waals surface area contributed by atoms with Crippen LogP contribution in [0.3, 0.4) is 0 Å². The van der Waals surface area contributed by atoms with Crippen molar-refractivity contribution in [2.24, 2.45) is 5.16 Å². The molecule has 148 valence electrons. The highest BCUT2D eigenvalue weighted by Gasteiger charge is 2.48. The number of hydrogen-bond donors (Lipinski definition) is 1. The Morgan fingerprint density at radius 1 is 1.37 bits per heavy atom. The highest BCUT2D eigenvalue weighted by molar-refractivity contribution is 5.96. The van der Waals surface area contributed by atoms with E-state index in [0.29, 0.717) is 11.3 Å². The Hall–Kier alpha value is -2.64. The van der Waals surface area contributed by atoms with Gasteiger partial charge in [-0.3, -0.25) is 0 Å². The molecule has 1 amide bonds. The molecule has 1 aromatic rings. The average Bonchev–Trinajstić information content (AvgIpc) is 2.96. The maximum Gasteiger partial charge on any atom is 0.407 e. The molecule has 7 nitrogen and oxygen atoms in total. The number of halogens is 1. The summed E-state index contributed by atoms with van der Waals surface area (Å²) >= 11 is 0. The van der Waals surface area contributed by atoms with Gasteiger partial charge in [-0.2, -0.15) is 0 Å². The summed E-state index contributed by atoms with van der Waals surface area (Å²) in [5.74, 6) is -0.984. The van der Waals surface area contributed by atoms with E-state index >= 15 is 0 Å². The molecule has 27 heavy (non-hydrogen) atoms. The Labute approximate surface area is 157 Å². The Kier molecular flexibility index (Phi) is 6.41. The van der Waals surface area contributed by atoms with Crippen molar-refractivity contribution in [3.05, 3.63) is 35.6 Å². The molecule has 0 aliphatic carbocycles. The first-order valence-corrected chi connectivity index (χ1v) is 8.76. The second-order valence-electron chi connectivity index (χ2n) is 7.30. The number of nitrogens with one attached hydrogen (secondary N) is 1. The van der Waals surface area contributed by atoms with Crippen LogP contribution >= 0.6 is 0 Å². The fourth-order valence-electron chi connectivity index (χ4n) is 2.64. The summed E-state index contributed by atoms with van der Waals surface area (Å²) < 4.78 is 23.8. The molecule has 1 aliphatic heterocycles. The van der Waals surface area contributed by atoms with Gasteiger partial charge in [0.2, 0.25) is 5.60 Å². The third-order valence-corrected chi connectivity index (χ3v) is 3.70. The normalized spacial score (nSPS) is 19.1. The van der Waals surface area contributed by atoms with Gasteiger partial charge < -0.3 is 19.6 Å². The quantitative estimate of drug-likeness (QED) is 0.767. The highest BCUT2D eigenvalue weighted by Crippen LogP contribution is 2.30.